The molecular weight excluding hydrogens is 328 g/mol. The molecule has 1 unspecified atom stereocenters. The van der Waals surface area contributed by atoms with Crippen LogP contribution < -0.4 is 0 Å². The average Bonchev–Trinajstić information content (AvgIpc) is 3.13. The first-order valence-electron chi connectivity index (χ1n) is 8.01. The number of aromatic nitrogens is 1. The minimum absolute atomic E-state index is 0.106. The van der Waals surface area contributed by atoms with Crippen LogP contribution in [-0.4, -0.2) is 22.3 Å². The van der Waals surface area contributed by atoms with E-state index >= 15 is 0 Å². The number of hydrogen-bond donors (Lipinski definition) is 0. The number of nitrogens with zero attached hydrogens (tertiary/aromatic N) is 2. The molecule has 122 valence electrons. The third kappa shape index (κ3) is 3.29. The zero-order valence-corrected chi connectivity index (χ0v) is 15.2. The first-order valence-corrected chi connectivity index (χ1v) is 9.20. The van der Waals surface area contributed by atoms with Crippen LogP contribution in [0.1, 0.15) is 64.6 Å². The van der Waals surface area contributed by atoms with Crippen LogP contribution in [0.5, 0.6) is 0 Å². The van der Waals surface area contributed by atoms with Crippen LogP contribution in [-0.2, 0) is 0 Å². The Morgan fingerprint density at radius 2 is 2.22 bits per heavy atom. The lowest BCUT2D eigenvalue weighted by molar-refractivity contribution is 0.0739. The third-order valence-electron chi connectivity index (χ3n) is 4.25. The van der Waals surface area contributed by atoms with Crippen molar-refractivity contribution in [3.8, 4) is 0 Å². The summed E-state index contributed by atoms with van der Waals surface area (Å²) in [6.07, 6.45) is 2.01. The molecule has 0 saturated carbocycles. The van der Waals surface area contributed by atoms with Gasteiger partial charge in [-0.25, -0.2) is 4.98 Å². The van der Waals surface area contributed by atoms with Crippen molar-refractivity contribution >= 4 is 28.8 Å². The van der Waals surface area contributed by atoms with Crippen molar-refractivity contribution < 1.29 is 4.79 Å². The molecule has 1 saturated heterocycles. The summed E-state index contributed by atoms with van der Waals surface area (Å²) in [4.78, 5) is 20.4. The maximum Gasteiger partial charge on any atom is 0.266 e. The highest BCUT2D eigenvalue weighted by Crippen LogP contribution is 2.36. The summed E-state index contributed by atoms with van der Waals surface area (Å²) in [7, 11) is 0. The lowest BCUT2D eigenvalue weighted by Crippen LogP contribution is -2.30. The number of likely N-dealkylation sites (tertiary alicyclic amines) is 1. The molecule has 1 atom stereocenters. The quantitative estimate of drug-likeness (QED) is 0.763. The molecule has 0 aliphatic carbocycles. The summed E-state index contributed by atoms with van der Waals surface area (Å²) in [5.41, 5.74) is 1.97. The minimum Gasteiger partial charge on any atom is -0.331 e. The molecule has 1 aliphatic rings. The molecule has 0 spiro atoms. The predicted octanol–water partition coefficient (Wildman–Crippen LogP) is 5.21. The molecule has 1 fully saturated rings. The molecule has 0 bridgehead atoms. The highest BCUT2D eigenvalue weighted by molar-refractivity contribution is 7.13. The maximum absolute atomic E-state index is 13.0. The van der Waals surface area contributed by atoms with E-state index in [2.05, 4.69) is 24.9 Å². The van der Waals surface area contributed by atoms with E-state index in [4.69, 9.17) is 11.6 Å². The van der Waals surface area contributed by atoms with Crippen molar-refractivity contribution in [1.82, 2.24) is 9.88 Å². The Balaban J connectivity index is 1.89. The van der Waals surface area contributed by atoms with Gasteiger partial charge >= 0.3 is 0 Å². The highest BCUT2D eigenvalue weighted by atomic mass is 35.5. The predicted molar refractivity (Wildman–Crippen MR) is 95.4 cm³/mol. The number of thiazole rings is 1. The topological polar surface area (TPSA) is 33.2 Å². The van der Waals surface area contributed by atoms with Gasteiger partial charge in [-0.3, -0.25) is 4.79 Å². The molecule has 1 aliphatic heterocycles. The van der Waals surface area contributed by atoms with Gasteiger partial charge in [-0.1, -0.05) is 37.6 Å². The fourth-order valence-corrected chi connectivity index (χ4v) is 4.29. The molecule has 2 heterocycles. The zero-order valence-electron chi connectivity index (χ0n) is 13.7. The Morgan fingerprint density at radius 3 is 2.87 bits per heavy atom. The van der Waals surface area contributed by atoms with Crippen molar-refractivity contribution in [2.24, 2.45) is 0 Å². The summed E-state index contributed by atoms with van der Waals surface area (Å²) in [5.74, 6) is 0.455. The summed E-state index contributed by atoms with van der Waals surface area (Å²) in [6.45, 7) is 6.94. The van der Waals surface area contributed by atoms with Crippen LogP contribution >= 0.6 is 22.9 Å². The van der Waals surface area contributed by atoms with Crippen LogP contribution in [0.4, 0.5) is 0 Å². The van der Waals surface area contributed by atoms with E-state index < -0.39 is 0 Å². The van der Waals surface area contributed by atoms with Gasteiger partial charge in [0.05, 0.1) is 16.7 Å². The van der Waals surface area contributed by atoms with Crippen LogP contribution in [0.25, 0.3) is 0 Å². The Bertz CT molecular complexity index is 726. The van der Waals surface area contributed by atoms with Crippen LogP contribution in [0.15, 0.2) is 24.3 Å². The standard InChI is InChI=1S/C18H21ClN2OS/c1-11(2)17-20-12(3)16(23-17)18(22)21-9-5-8-15(21)13-6-4-7-14(19)10-13/h4,6-7,10-11,15H,5,8-9H2,1-3H3. The largest absolute Gasteiger partial charge is 0.331 e. The molecule has 5 heteroatoms. The molecule has 2 aromatic rings. The van der Waals surface area contributed by atoms with Gasteiger partial charge in [-0.15, -0.1) is 11.3 Å². The number of benzene rings is 1. The van der Waals surface area contributed by atoms with Crippen LogP contribution in [0, 0.1) is 6.92 Å². The molecule has 3 nitrogen and oxygen atoms in total. The second-order valence-corrected chi connectivity index (χ2v) is 7.80. The average molecular weight is 349 g/mol. The number of rotatable bonds is 3. The van der Waals surface area contributed by atoms with E-state index in [1.807, 2.05) is 30.0 Å². The fraction of sp³-hybridized carbons (Fsp3) is 0.444. The number of aryl methyl sites for hydroxylation is 1. The van der Waals surface area contributed by atoms with Gasteiger partial charge in [0.25, 0.3) is 5.91 Å². The number of carbonyl (C=O) groups is 1. The number of carbonyl (C=O) groups excluding carboxylic acids is 1. The lowest BCUT2D eigenvalue weighted by Gasteiger charge is -2.25. The smallest absolute Gasteiger partial charge is 0.266 e. The van der Waals surface area contributed by atoms with Gasteiger partial charge < -0.3 is 4.90 Å². The van der Waals surface area contributed by atoms with Gasteiger partial charge in [0.1, 0.15) is 4.88 Å². The highest BCUT2D eigenvalue weighted by Gasteiger charge is 2.32. The van der Waals surface area contributed by atoms with Crippen molar-refractivity contribution in [1.29, 1.82) is 0 Å². The SMILES string of the molecule is Cc1nc(C(C)C)sc1C(=O)N1CCCC1c1cccc(Cl)c1. The number of hydrogen-bond acceptors (Lipinski definition) is 3. The monoisotopic (exact) mass is 348 g/mol. The Hall–Kier alpha value is -1.39. The molecule has 3 rings (SSSR count). The molecule has 1 amide bonds. The van der Waals surface area contributed by atoms with Gasteiger partial charge in [0, 0.05) is 17.5 Å². The zero-order chi connectivity index (χ0) is 16.6. The van der Waals surface area contributed by atoms with E-state index in [0.29, 0.717) is 5.92 Å². The van der Waals surface area contributed by atoms with Crippen molar-refractivity contribution in [2.45, 2.75) is 45.6 Å². The van der Waals surface area contributed by atoms with Crippen molar-refractivity contribution in [3.63, 3.8) is 0 Å². The molecular formula is C18H21ClN2OS. The van der Waals surface area contributed by atoms with Gasteiger partial charge in [0.15, 0.2) is 0 Å². The summed E-state index contributed by atoms with van der Waals surface area (Å²) in [5, 5.41) is 1.75. The molecule has 23 heavy (non-hydrogen) atoms. The lowest BCUT2D eigenvalue weighted by atomic mass is 10.0. The third-order valence-corrected chi connectivity index (χ3v) is 5.93. The molecule has 1 aromatic carbocycles. The Labute approximate surface area is 146 Å². The van der Waals surface area contributed by atoms with E-state index in [9.17, 15) is 4.79 Å². The molecule has 0 radical (unpaired) electrons. The molecule has 1 aromatic heterocycles. The summed E-state index contributed by atoms with van der Waals surface area (Å²) < 4.78 is 0. The Morgan fingerprint density at radius 1 is 1.43 bits per heavy atom. The summed E-state index contributed by atoms with van der Waals surface area (Å²) >= 11 is 7.65. The van der Waals surface area contributed by atoms with Crippen molar-refractivity contribution in [2.75, 3.05) is 6.54 Å². The number of amides is 1. The minimum atomic E-state index is 0.106. The first kappa shape index (κ1) is 16.5. The van der Waals surface area contributed by atoms with Gasteiger partial charge in [-0.2, -0.15) is 0 Å². The fourth-order valence-electron chi connectivity index (χ4n) is 3.06. The number of halogens is 1. The second kappa shape index (κ2) is 6.62. The normalized spacial score (nSPS) is 18.0. The van der Waals surface area contributed by atoms with E-state index in [1.54, 1.807) is 0 Å². The van der Waals surface area contributed by atoms with Crippen LogP contribution in [0.3, 0.4) is 0 Å². The Kier molecular flexibility index (Phi) is 4.74. The van der Waals surface area contributed by atoms with E-state index in [1.165, 1.54) is 11.3 Å². The van der Waals surface area contributed by atoms with E-state index in [0.717, 1.165) is 45.6 Å². The second-order valence-electron chi connectivity index (χ2n) is 6.33. The first-order chi connectivity index (χ1) is 11.0. The maximum atomic E-state index is 13.0. The van der Waals surface area contributed by atoms with Gasteiger partial charge in [0.2, 0.25) is 0 Å². The van der Waals surface area contributed by atoms with Crippen LogP contribution in [0.2, 0.25) is 5.02 Å². The van der Waals surface area contributed by atoms with E-state index in [-0.39, 0.29) is 11.9 Å². The van der Waals surface area contributed by atoms with Crippen molar-refractivity contribution in [3.05, 3.63) is 50.4 Å². The summed E-state index contributed by atoms with van der Waals surface area (Å²) in [6, 6.07) is 7.96. The molecule has 0 N–H and O–H groups in total. The van der Waals surface area contributed by atoms with Gasteiger partial charge in [-0.05, 0) is 37.5 Å².